The third kappa shape index (κ3) is 2.08. The molecule has 0 fully saturated rings. The Morgan fingerprint density at radius 1 is 1.18 bits per heavy atom. The number of phenols is 1. The molecule has 0 amide bonds. The minimum Gasteiger partial charge on any atom is -0.507 e. The average Bonchev–Trinajstić information content (AvgIpc) is 2.29. The Labute approximate surface area is 96.0 Å². The van der Waals surface area contributed by atoms with Gasteiger partial charge >= 0.3 is 0 Å². The Kier molecular flexibility index (Phi) is 2.74. The number of aromatic hydroxyl groups is 2. The fourth-order valence-corrected chi connectivity index (χ4v) is 1.40. The van der Waals surface area contributed by atoms with Gasteiger partial charge in [-0.2, -0.15) is 0 Å². The van der Waals surface area contributed by atoms with Gasteiger partial charge < -0.3 is 10.2 Å². The van der Waals surface area contributed by atoms with Gasteiger partial charge in [0.15, 0.2) is 5.69 Å². The van der Waals surface area contributed by atoms with Gasteiger partial charge in [-0.05, 0) is 24.3 Å². The molecule has 2 aromatic rings. The van der Waals surface area contributed by atoms with Crippen molar-refractivity contribution < 1.29 is 19.4 Å². The number of rotatable bonds is 2. The number of pyridine rings is 1. The number of phenolic OH excluding ortho intramolecular Hbond substituents is 1. The standard InChI is InChI=1S/C12H8FNO3/c13-7-3-4-8(10(16)6-7)12(17)11-9(15)2-1-5-14-11/h1-6,15-16H. The molecular formula is C12H8FNO3. The topological polar surface area (TPSA) is 70.4 Å². The molecule has 0 radical (unpaired) electrons. The van der Waals surface area contributed by atoms with E-state index >= 15 is 0 Å². The highest BCUT2D eigenvalue weighted by Gasteiger charge is 2.18. The predicted octanol–water partition coefficient (Wildman–Crippen LogP) is 1.86. The highest BCUT2D eigenvalue weighted by atomic mass is 19.1. The largest absolute Gasteiger partial charge is 0.507 e. The molecule has 0 saturated heterocycles. The molecule has 2 N–H and O–H groups in total. The summed E-state index contributed by atoms with van der Waals surface area (Å²) in [6.45, 7) is 0. The van der Waals surface area contributed by atoms with E-state index in [4.69, 9.17) is 0 Å². The van der Waals surface area contributed by atoms with Crippen LogP contribution in [0.3, 0.4) is 0 Å². The minimum absolute atomic E-state index is 0.111. The SMILES string of the molecule is O=C(c1ccc(F)cc1O)c1ncccc1O. The molecule has 0 aliphatic heterocycles. The van der Waals surface area contributed by atoms with E-state index in [1.165, 1.54) is 18.3 Å². The summed E-state index contributed by atoms with van der Waals surface area (Å²) in [6.07, 6.45) is 1.34. The number of hydrogen-bond donors (Lipinski definition) is 2. The van der Waals surface area contributed by atoms with Crippen molar-refractivity contribution in [3.8, 4) is 11.5 Å². The van der Waals surface area contributed by atoms with Crippen LogP contribution in [0.1, 0.15) is 16.1 Å². The van der Waals surface area contributed by atoms with Gasteiger partial charge in [0.1, 0.15) is 17.3 Å². The summed E-state index contributed by atoms with van der Waals surface area (Å²) in [6, 6.07) is 5.79. The molecule has 0 saturated carbocycles. The molecule has 4 nitrogen and oxygen atoms in total. The molecule has 0 bridgehead atoms. The van der Waals surface area contributed by atoms with Crippen LogP contribution in [0, 0.1) is 5.82 Å². The van der Waals surface area contributed by atoms with Crippen LogP contribution in [0.5, 0.6) is 11.5 Å². The molecule has 1 aromatic heterocycles. The number of nitrogens with zero attached hydrogens (tertiary/aromatic N) is 1. The van der Waals surface area contributed by atoms with E-state index in [0.29, 0.717) is 0 Å². The zero-order chi connectivity index (χ0) is 12.4. The second-order valence-corrected chi connectivity index (χ2v) is 3.36. The van der Waals surface area contributed by atoms with Gasteiger partial charge in [0.25, 0.3) is 0 Å². The van der Waals surface area contributed by atoms with Crippen molar-refractivity contribution in [2.75, 3.05) is 0 Å². The van der Waals surface area contributed by atoms with Crippen LogP contribution in [0.4, 0.5) is 4.39 Å². The Morgan fingerprint density at radius 2 is 1.94 bits per heavy atom. The predicted molar refractivity (Wildman–Crippen MR) is 57.4 cm³/mol. The first-order chi connectivity index (χ1) is 8.09. The van der Waals surface area contributed by atoms with Gasteiger partial charge in [0, 0.05) is 12.3 Å². The maximum Gasteiger partial charge on any atom is 0.218 e. The first-order valence-corrected chi connectivity index (χ1v) is 4.77. The van der Waals surface area contributed by atoms with E-state index in [9.17, 15) is 19.4 Å². The first-order valence-electron chi connectivity index (χ1n) is 4.77. The molecule has 5 heteroatoms. The van der Waals surface area contributed by atoms with Gasteiger partial charge in [-0.15, -0.1) is 0 Å². The van der Waals surface area contributed by atoms with E-state index in [0.717, 1.165) is 18.2 Å². The van der Waals surface area contributed by atoms with E-state index in [2.05, 4.69) is 4.98 Å². The Hall–Kier alpha value is -2.43. The van der Waals surface area contributed by atoms with Crippen LogP contribution in [0.25, 0.3) is 0 Å². The van der Waals surface area contributed by atoms with Crippen LogP contribution in [0.2, 0.25) is 0 Å². The lowest BCUT2D eigenvalue weighted by Crippen LogP contribution is -2.04. The monoisotopic (exact) mass is 233 g/mol. The molecular weight excluding hydrogens is 225 g/mol. The first kappa shape index (κ1) is 11.1. The minimum atomic E-state index is -0.666. The number of carbonyl (C=O) groups is 1. The van der Waals surface area contributed by atoms with Crippen molar-refractivity contribution in [3.05, 3.63) is 53.6 Å². The summed E-state index contributed by atoms with van der Waals surface area (Å²) < 4.78 is 12.8. The molecule has 2 rings (SSSR count). The van der Waals surface area contributed by atoms with Crippen molar-refractivity contribution >= 4 is 5.78 Å². The summed E-state index contributed by atoms with van der Waals surface area (Å²) in [5, 5.41) is 18.9. The number of ketones is 1. The van der Waals surface area contributed by atoms with Crippen molar-refractivity contribution in [2.45, 2.75) is 0 Å². The quantitative estimate of drug-likeness (QED) is 0.777. The maximum absolute atomic E-state index is 12.8. The van der Waals surface area contributed by atoms with Crippen molar-refractivity contribution in [2.24, 2.45) is 0 Å². The van der Waals surface area contributed by atoms with Crippen LogP contribution >= 0.6 is 0 Å². The van der Waals surface area contributed by atoms with E-state index < -0.39 is 17.3 Å². The van der Waals surface area contributed by atoms with Crippen LogP contribution < -0.4 is 0 Å². The third-order valence-corrected chi connectivity index (χ3v) is 2.21. The van der Waals surface area contributed by atoms with E-state index in [1.807, 2.05) is 0 Å². The Bertz CT molecular complexity index is 584. The highest BCUT2D eigenvalue weighted by Crippen LogP contribution is 2.24. The molecule has 0 unspecified atom stereocenters. The summed E-state index contributed by atoms with van der Waals surface area (Å²) in [5.74, 6) is -2.09. The third-order valence-electron chi connectivity index (χ3n) is 2.21. The summed E-state index contributed by atoms with van der Waals surface area (Å²) in [5.41, 5.74) is -0.296. The molecule has 86 valence electrons. The zero-order valence-electron chi connectivity index (χ0n) is 8.59. The maximum atomic E-state index is 12.8. The fourth-order valence-electron chi connectivity index (χ4n) is 1.40. The van der Waals surface area contributed by atoms with Gasteiger partial charge in [-0.25, -0.2) is 9.37 Å². The second-order valence-electron chi connectivity index (χ2n) is 3.36. The number of hydrogen-bond acceptors (Lipinski definition) is 4. The average molecular weight is 233 g/mol. The zero-order valence-corrected chi connectivity index (χ0v) is 8.59. The molecule has 1 aromatic carbocycles. The van der Waals surface area contributed by atoms with Crippen molar-refractivity contribution in [1.82, 2.24) is 4.98 Å². The summed E-state index contributed by atoms with van der Waals surface area (Å²) in [4.78, 5) is 15.6. The lowest BCUT2D eigenvalue weighted by molar-refractivity contribution is 0.102. The molecule has 0 aliphatic carbocycles. The van der Waals surface area contributed by atoms with Gasteiger partial charge in [0.2, 0.25) is 5.78 Å². The van der Waals surface area contributed by atoms with Crippen LogP contribution in [0.15, 0.2) is 36.5 Å². The van der Waals surface area contributed by atoms with Crippen LogP contribution in [-0.4, -0.2) is 21.0 Å². The molecule has 0 atom stereocenters. The summed E-state index contributed by atoms with van der Waals surface area (Å²) >= 11 is 0. The van der Waals surface area contributed by atoms with E-state index in [1.54, 1.807) is 0 Å². The van der Waals surface area contributed by atoms with Gasteiger partial charge in [-0.3, -0.25) is 4.79 Å². The smallest absolute Gasteiger partial charge is 0.218 e. The Morgan fingerprint density at radius 3 is 2.59 bits per heavy atom. The number of aromatic nitrogens is 1. The van der Waals surface area contributed by atoms with Gasteiger partial charge in [-0.1, -0.05) is 0 Å². The fraction of sp³-hybridized carbons (Fsp3) is 0. The number of benzene rings is 1. The molecule has 0 aliphatic rings. The second kappa shape index (κ2) is 4.21. The number of halogens is 1. The molecule has 0 spiro atoms. The lowest BCUT2D eigenvalue weighted by atomic mass is 10.1. The lowest BCUT2D eigenvalue weighted by Gasteiger charge is -2.04. The molecule has 1 heterocycles. The van der Waals surface area contributed by atoms with Crippen molar-refractivity contribution in [1.29, 1.82) is 0 Å². The van der Waals surface area contributed by atoms with Crippen LogP contribution in [-0.2, 0) is 0 Å². The van der Waals surface area contributed by atoms with Gasteiger partial charge in [0.05, 0.1) is 5.56 Å². The normalized spacial score (nSPS) is 10.2. The highest BCUT2D eigenvalue weighted by molar-refractivity contribution is 6.10. The van der Waals surface area contributed by atoms with Crippen molar-refractivity contribution in [3.63, 3.8) is 0 Å². The van der Waals surface area contributed by atoms with E-state index in [-0.39, 0.29) is 17.0 Å². The Balaban J connectivity index is 2.48. The molecule has 17 heavy (non-hydrogen) atoms. The summed E-state index contributed by atoms with van der Waals surface area (Å²) in [7, 11) is 0. The number of carbonyl (C=O) groups excluding carboxylic acids is 1.